The van der Waals surface area contributed by atoms with Gasteiger partial charge in [-0.3, -0.25) is 4.79 Å². The van der Waals surface area contributed by atoms with Crippen LogP contribution < -0.4 is 10.3 Å². The monoisotopic (exact) mass is 518 g/mol. The van der Waals surface area contributed by atoms with E-state index < -0.39 is 33.6 Å². The van der Waals surface area contributed by atoms with Crippen LogP contribution in [0.4, 0.5) is 4.39 Å². The van der Waals surface area contributed by atoms with E-state index in [1.807, 2.05) is 39.8 Å². The average Bonchev–Trinajstić information content (AvgIpc) is 2.73. The molecule has 3 rings (SSSR count). The first-order valence-electron chi connectivity index (χ1n) is 11.3. The van der Waals surface area contributed by atoms with Gasteiger partial charge in [-0.2, -0.15) is 0 Å². The molecule has 8 heteroatoms. The van der Waals surface area contributed by atoms with Crippen molar-refractivity contribution in [3.05, 3.63) is 81.0 Å². The average molecular weight is 519 g/mol. The normalized spacial score (nSPS) is 14.1. The van der Waals surface area contributed by atoms with E-state index in [0.717, 1.165) is 0 Å². The van der Waals surface area contributed by atoms with Gasteiger partial charge in [-0.15, -0.1) is 4.72 Å². The quantitative estimate of drug-likeness (QED) is 0.401. The summed E-state index contributed by atoms with van der Waals surface area (Å²) in [5.41, 5.74) is 2.72. The SMILES string of the molecule is CC(N[S@@+]([O-])C(C)(C)C)c1cc(=O)n(C)cc1-c1cc(C(C)(C)O)ccc1-c1ccc(F)cc1Cl. The fourth-order valence-electron chi connectivity index (χ4n) is 3.72. The Labute approximate surface area is 214 Å². The molecule has 0 saturated carbocycles. The zero-order valence-electron chi connectivity index (χ0n) is 21.1. The van der Waals surface area contributed by atoms with Gasteiger partial charge in [-0.1, -0.05) is 23.7 Å². The van der Waals surface area contributed by atoms with Gasteiger partial charge >= 0.3 is 0 Å². The largest absolute Gasteiger partial charge is 0.598 e. The highest BCUT2D eigenvalue weighted by Gasteiger charge is 2.30. The summed E-state index contributed by atoms with van der Waals surface area (Å²) in [5, 5.41) is 11.0. The molecule has 0 amide bonds. The lowest BCUT2D eigenvalue weighted by molar-refractivity contribution is 0.0786. The second kappa shape index (κ2) is 10.1. The predicted octanol–water partition coefficient (Wildman–Crippen LogP) is 5.85. The zero-order chi connectivity index (χ0) is 26.3. The highest BCUT2D eigenvalue weighted by atomic mass is 35.5. The number of aliphatic hydroxyl groups is 1. The summed E-state index contributed by atoms with van der Waals surface area (Å²) in [7, 11) is 1.66. The van der Waals surface area contributed by atoms with Crippen molar-refractivity contribution in [1.29, 1.82) is 0 Å². The van der Waals surface area contributed by atoms with Gasteiger partial charge in [-0.25, -0.2) is 4.39 Å². The summed E-state index contributed by atoms with van der Waals surface area (Å²) >= 11 is 5.06. The number of halogens is 2. The maximum atomic E-state index is 13.8. The van der Waals surface area contributed by atoms with Crippen LogP contribution in [0, 0.1) is 5.82 Å². The lowest BCUT2D eigenvalue weighted by Gasteiger charge is -2.28. The number of hydrogen-bond donors (Lipinski definition) is 2. The lowest BCUT2D eigenvalue weighted by Crippen LogP contribution is -2.41. The zero-order valence-corrected chi connectivity index (χ0v) is 22.6. The number of aryl methyl sites for hydroxylation is 1. The summed E-state index contributed by atoms with van der Waals surface area (Å²) < 4.78 is 30.7. The minimum absolute atomic E-state index is 0.209. The van der Waals surface area contributed by atoms with Crippen molar-refractivity contribution in [3.8, 4) is 22.3 Å². The first-order chi connectivity index (χ1) is 16.1. The fraction of sp³-hybridized carbons (Fsp3) is 0.370. The van der Waals surface area contributed by atoms with Crippen LogP contribution in [0.1, 0.15) is 58.7 Å². The van der Waals surface area contributed by atoms with Crippen LogP contribution >= 0.6 is 11.6 Å². The topological polar surface area (TPSA) is 77.3 Å². The van der Waals surface area contributed by atoms with Gasteiger partial charge < -0.3 is 14.2 Å². The number of benzene rings is 2. The first kappa shape index (κ1) is 27.4. The molecule has 0 spiro atoms. The van der Waals surface area contributed by atoms with Crippen LogP contribution in [0.3, 0.4) is 0 Å². The van der Waals surface area contributed by atoms with Crippen LogP contribution in [-0.4, -0.2) is 19.0 Å². The highest BCUT2D eigenvalue weighted by Crippen LogP contribution is 2.40. The van der Waals surface area contributed by atoms with E-state index in [1.54, 1.807) is 39.2 Å². The van der Waals surface area contributed by atoms with Crippen molar-refractivity contribution in [2.75, 3.05) is 0 Å². The number of pyridine rings is 1. The van der Waals surface area contributed by atoms with Crippen molar-refractivity contribution in [3.63, 3.8) is 0 Å². The van der Waals surface area contributed by atoms with E-state index >= 15 is 0 Å². The van der Waals surface area contributed by atoms with Crippen LogP contribution in [0.5, 0.6) is 0 Å². The molecule has 0 aliphatic rings. The first-order valence-corrected chi connectivity index (χ1v) is 12.8. The van der Waals surface area contributed by atoms with Gasteiger partial charge in [0.25, 0.3) is 5.56 Å². The molecule has 1 heterocycles. The second-order valence-electron chi connectivity index (χ2n) is 10.3. The third-order valence-corrected chi connectivity index (χ3v) is 7.80. The highest BCUT2D eigenvalue weighted by molar-refractivity contribution is 7.90. The third-order valence-electron chi connectivity index (χ3n) is 5.80. The smallest absolute Gasteiger partial charge is 0.250 e. The summed E-state index contributed by atoms with van der Waals surface area (Å²) in [5.74, 6) is -0.446. The van der Waals surface area contributed by atoms with Crippen LogP contribution in [0.25, 0.3) is 22.3 Å². The van der Waals surface area contributed by atoms with E-state index in [-0.39, 0.29) is 10.6 Å². The van der Waals surface area contributed by atoms with E-state index in [4.69, 9.17) is 11.6 Å². The Kier molecular flexibility index (Phi) is 7.89. The summed E-state index contributed by atoms with van der Waals surface area (Å²) in [6.07, 6.45) is 1.72. The van der Waals surface area contributed by atoms with Crippen molar-refractivity contribution >= 4 is 23.0 Å². The van der Waals surface area contributed by atoms with E-state index in [1.165, 1.54) is 22.8 Å². The molecule has 2 N–H and O–H groups in total. The summed E-state index contributed by atoms with van der Waals surface area (Å²) in [4.78, 5) is 12.6. The van der Waals surface area contributed by atoms with Gasteiger partial charge in [0, 0.05) is 41.8 Å². The predicted molar refractivity (Wildman–Crippen MR) is 142 cm³/mol. The molecule has 0 saturated heterocycles. The van der Waals surface area contributed by atoms with E-state index in [2.05, 4.69) is 4.72 Å². The fourth-order valence-corrected chi connectivity index (χ4v) is 4.79. The molecule has 2 atom stereocenters. The minimum Gasteiger partial charge on any atom is -0.598 e. The Balaban J connectivity index is 2.32. The molecule has 0 aliphatic carbocycles. The number of nitrogens with zero attached hydrogens (tertiary/aromatic N) is 1. The molecule has 0 radical (unpaired) electrons. The van der Waals surface area contributed by atoms with Crippen molar-refractivity contribution in [2.45, 2.75) is 57.9 Å². The second-order valence-corrected chi connectivity index (χ2v) is 12.7. The Hall–Kier alpha value is -2.16. The molecular formula is C27H32ClFN2O3S. The molecule has 188 valence electrons. The molecule has 3 aromatic rings. The summed E-state index contributed by atoms with van der Waals surface area (Å²) in [6, 6.07) is 10.8. The number of rotatable bonds is 6. The molecule has 0 aliphatic heterocycles. The van der Waals surface area contributed by atoms with Gasteiger partial charge in [0.1, 0.15) is 10.6 Å². The lowest BCUT2D eigenvalue weighted by atomic mass is 9.86. The van der Waals surface area contributed by atoms with Crippen LogP contribution in [0.15, 0.2) is 53.5 Å². The van der Waals surface area contributed by atoms with Crippen LogP contribution in [-0.2, 0) is 24.0 Å². The standard InChI is InChI=1S/C27H32ClFN2O3S/c1-16(30-35(34)26(2,3)4)21-14-25(32)31(7)15-23(21)22-12-17(27(5,6)33)8-10-19(22)20-11-9-18(29)13-24(20)28/h8-16,30,33H,1-7H3/t16?,35-/m0/s1. The molecule has 2 aromatic carbocycles. The number of nitrogens with one attached hydrogen (secondary N) is 1. The van der Waals surface area contributed by atoms with Gasteiger partial charge in [0.15, 0.2) is 0 Å². The van der Waals surface area contributed by atoms with Crippen molar-refractivity contribution < 1.29 is 14.0 Å². The Bertz CT molecular complexity index is 1300. The molecule has 0 bridgehead atoms. The molecular weight excluding hydrogens is 487 g/mol. The molecule has 35 heavy (non-hydrogen) atoms. The third kappa shape index (κ3) is 6.16. The minimum atomic E-state index is -1.37. The van der Waals surface area contributed by atoms with Crippen molar-refractivity contribution in [1.82, 2.24) is 9.29 Å². The van der Waals surface area contributed by atoms with E-state index in [0.29, 0.717) is 33.4 Å². The molecule has 1 aromatic heterocycles. The Morgan fingerprint density at radius 2 is 1.66 bits per heavy atom. The summed E-state index contributed by atoms with van der Waals surface area (Å²) in [6.45, 7) is 10.8. The molecule has 0 fully saturated rings. The Morgan fingerprint density at radius 1 is 1.03 bits per heavy atom. The van der Waals surface area contributed by atoms with Gasteiger partial charge in [-0.05, 0) is 88.1 Å². The van der Waals surface area contributed by atoms with Crippen LogP contribution in [0.2, 0.25) is 5.02 Å². The van der Waals surface area contributed by atoms with Gasteiger partial charge in [0.05, 0.1) is 16.7 Å². The Morgan fingerprint density at radius 3 is 2.23 bits per heavy atom. The maximum absolute atomic E-state index is 13.8. The van der Waals surface area contributed by atoms with Crippen molar-refractivity contribution in [2.24, 2.45) is 7.05 Å². The molecule has 5 nitrogen and oxygen atoms in total. The van der Waals surface area contributed by atoms with E-state index in [9.17, 15) is 18.8 Å². The van der Waals surface area contributed by atoms with Gasteiger partial charge in [0.2, 0.25) is 0 Å². The number of aromatic nitrogens is 1. The molecule has 1 unspecified atom stereocenters. The number of hydrogen-bond acceptors (Lipinski definition) is 4. The maximum Gasteiger partial charge on any atom is 0.250 e.